The van der Waals surface area contributed by atoms with Crippen LogP contribution in [0, 0.1) is 11.2 Å². The number of nitrogens with zero attached hydrogens (tertiary/aromatic N) is 2. The molecule has 0 saturated carbocycles. The quantitative estimate of drug-likeness (QED) is 0.610. The lowest BCUT2D eigenvalue weighted by Crippen LogP contribution is -2.36. The van der Waals surface area contributed by atoms with Crippen LogP contribution in [0.1, 0.15) is 43.6 Å². The van der Waals surface area contributed by atoms with Crippen LogP contribution >= 0.6 is 0 Å². The number of benzene rings is 2. The highest BCUT2D eigenvalue weighted by atomic mass is 19.1. The molecule has 1 unspecified atom stereocenters. The molecule has 0 aliphatic carbocycles. The van der Waals surface area contributed by atoms with Crippen LogP contribution in [0.3, 0.4) is 0 Å². The molecule has 4 rings (SSSR count). The first-order chi connectivity index (χ1) is 13.0. The molecule has 4 heteroatoms. The Kier molecular flexibility index (Phi) is 4.42. The Morgan fingerprint density at radius 1 is 1.22 bits per heavy atom. The van der Waals surface area contributed by atoms with Crippen molar-refractivity contribution in [2.45, 2.75) is 39.7 Å². The van der Waals surface area contributed by atoms with Gasteiger partial charge in [0.25, 0.3) is 5.56 Å². The SMILES string of the molecule is CCC1(C)CCn2c(nc3cc(C=Cc4ccccc4F)ccc3c2=O)C1. The molecule has 0 N–H and O–H groups in total. The minimum Gasteiger partial charge on any atom is -0.296 e. The van der Waals surface area contributed by atoms with Gasteiger partial charge in [-0.3, -0.25) is 9.36 Å². The molecular formula is C23H23FN2O. The van der Waals surface area contributed by atoms with Gasteiger partial charge >= 0.3 is 0 Å². The van der Waals surface area contributed by atoms with Gasteiger partial charge in [-0.25, -0.2) is 9.37 Å². The number of hydrogen-bond acceptors (Lipinski definition) is 2. The summed E-state index contributed by atoms with van der Waals surface area (Å²) in [5, 5.41) is 0.641. The Balaban J connectivity index is 1.74. The first-order valence-corrected chi connectivity index (χ1v) is 9.45. The van der Waals surface area contributed by atoms with Crippen molar-refractivity contribution < 1.29 is 4.39 Å². The van der Waals surface area contributed by atoms with Crippen molar-refractivity contribution >= 4 is 23.1 Å². The molecule has 3 aromatic rings. The van der Waals surface area contributed by atoms with Crippen molar-refractivity contribution in [2.24, 2.45) is 5.41 Å². The molecule has 2 heterocycles. The zero-order valence-corrected chi connectivity index (χ0v) is 15.7. The lowest BCUT2D eigenvalue weighted by atomic mass is 9.78. The maximum absolute atomic E-state index is 13.8. The van der Waals surface area contributed by atoms with Gasteiger partial charge in [-0.2, -0.15) is 0 Å². The zero-order valence-electron chi connectivity index (χ0n) is 15.7. The average molecular weight is 362 g/mol. The molecule has 3 nitrogen and oxygen atoms in total. The van der Waals surface area contributed by atoms with Crippen molar-refractivity contribution in [2.75, 3.05) is 0 Å². The van der Waals surface area contributed by atoms with Crippen LogP contribution in [0.25, 0.3) is 23.1 Å². The molecule has 0 bridgehead atoms. The lowest BCUT2D eigenvalue weighted by molar-refractivity contribution is 0.224. The molecule has 1 aliphatic heterocycles. The molecule has 27 heavy (non-hydrogen) atoms. The van der Waals surface area contributed by atoms with Crippen molar-refractivity contribution in [1.82, 2.24) is 9.55 Å². The fraction of sp³-hybridized carbons (Fsp3) is 0.304. The average Bonchev–Trinajstić information content (AvgIpc) is 2.67. The third kappa shape index (κ3) is 3.32. The fourth-order valence-electron chi connectivity index (χ4n) is 3.70. The van der Waals surface area contributed by atoms with E-state index in [2.05, 4.69) is 13.8 Å². The summed E-state index contributed by atoms with van der Waals surface area (Å²) in [6.07, 6.45) is 6.51. The van der Waals surface area contributed by atoms with Gasteiger partial charge in [0.1, 0.15) is 11.6 Å². The van der Waals surface area contributed by atoms with Crippen LogP contribution in [0.2, 0.25) is 0 Å². The van der Waals surface area contributed by atoms with E-state index in [1.807, 2.05) is 34.9 Å². The summed E-state index contributed by atoms with van der Waals surface area (Å²) < 4.78 is 15.6. The topological polar surface area (TPSA) is 34.9 Å². The number of rotatable bonds is 3. The molecule has 0 fully saturated rings. The van der Waals surface area contributed by atoms with Gasteiger partial charge in [0, 0.05) is 18.5 Å². The van der Waals surface area contributed by atoms with E-state index in [-0.39, 0.29) is 16.8 Å². The van der Waals surface area contributed by atoms with E-state index in [1.54, 1.807) is 18.2 Å². The predicted molar refractivity (Wildman–Crippen MR) is 108 cm³/mol. The van der Waals surface area contributed by atoms with Crippen LogP contribution < -0.4 is 5.56 Å². The second-order valence-corrected chi connectivity index (χ2v) is 7.71. The van der Waals surface area contributed by atoms with Gasteiger partial charge in [0.15, 0.2) is 0 Å². The van der Waals surface area contributed by atoms with Gasteiger partial charge in [-0.05, 0) is 35.6 Å². The van der Waals surface area contributed by atoms with Crippen LogP contribution in [-0.2, 0) is 13.0 Å². The van der Waals surface area contributed by atoms with E-state index in [9.17, 15) is 9.18 Å². The minimum absolute atomic E-state index is 0.0396. The summed E-state index contributed by atoms with van der Waals surface area (Å²) in [4.78, 5) is 17.7. The summed E-state index contributed by atoms with van der Waals surface area (Å²) in [7, 11) is 0. The van der Waals surface area contributed by atoms with E-state index in [0.29, 0.717) is 16.5 Å². The first kappa shape index (κ1) is 17.7. The van der Waals surface area contributed by atoms with E-state index < -0.39 is 0 Å². The zero-order chi connectivity index (χ0) is 19.0. The Labute approximate surface area is 158 Å². The lowest BCUT2D eigenvalue weighted by Gasteiger charge is -2.34. The molecular weight excluding hydrogens is 339 g/mol. The summed E-state index contributed by atoms with van der Waals surface area (Å²) in [5.74, 6) is 0.622. The van der Waals surface area contributed by atoms with Crippen molar-refractivity contribution in [3.05, 3.63) is 75.6 Å². The van der Waals surface area contributed by atoms with Crippen molar-refractivity contribution in [3.63, 3.8) is 0 Å². The van der Waals surface area contributed by atoms with Gasteiger partial charge in [0.2, 0.25) is 0 Å². The number of fused-ring (bicyclic) bond motifs is 2. The first-order valence-electron chi connectivity index (χ1n) is 9.45. The molecule has 0 spiro atoms. The molecule has 0 amide bonds. The van der Waals surface area contributed by atoms with Crippen molar-refractivity contribution in [3.8, 4) is 0 Å². The van der Waals surface area contributed by atoms with Crippen LogP contribution in [0.4, 0.5) is 4.39 Å². The van der Waals surface area contributed by atoms with E-state index >= 15 is 0 Å². The van der Waals surface area contributed by atoms with Crippen LogP contribution in [-0.4, -0.2) is 9.55 Å². The molecule has 1 aliphatic rings. The number of halogens is 1. The largest absolute Gasteiger partial charge is 0.296 e. The molecule has 0 radical (unpaired) electrons. The normalized spacial score (nSPS) is 19.5. The molecule has 1 atom stereocenters. The second-order valence-electron chi connectivity index (χ2n) is 7.71. The van der Waals surface area contributed by atoms with E-state index in [4.69, 9.17) is 4.98 Å². The molecule has 1 aromatic heterocycles. The summed E-state index contributed by atoms with van der Waals surface area (Å²) >= 11 is 0. The maximum Gasteiger partial charge on any atom is 0.261 e. The van der Waals surface area contributed by atoms with Crippen LogP contribution in [0.15, 0.2) is 47.3 Å². The van der Waals surface area contributed by atoms with E-state index in [0.717, 1.165) is 37.2 Å². The van der Waals surface area contributed by atoms with Crippen molar-refractivity contribution in [1.29, 1.82) is 0 Å². The Hall–Kier alpha value is -2.75. The highest BCUT2D eigenvalue weighted by molar-refractivity contribution is 5.82. The molecule has 2 aromatic carbocycles. The number of hydrogen-bond donors (Lipinski definition) is 0. The standard InChI is InChI=1S/C23H23FN2O/c1-3-23(2)12-13-26-21(15-23)25-20-14-16(9-11-18(20)22(26)27)8-10-17-6-4-5-7-19(17)24/h4-11,14H,3,12-13,15H2,1-2H3. The predicted octanol–water partition coefficient (Wildman–Crippen LogP) is 5.07. The summed E-state index contributed by atoms with van der Waals surface area (Å²) in [6, 6.07) is 12.3. The van der Waals surface area contributed by atoms with Gasteiger partial charge in [0.05, 0.1) is 10.9 Å². The highest BCUT2D eigenvalue weighted by Gasteiger charge is 2.30. The second kappa shape index (κ2) is 6.76. The molecule has 138 valence electrons. The summed E-state index contributed by atoms with van der Waals surface area (Å²) in [6.45, 7) is 5.19. The fourth-order valence-corrected chi connectivity index (χ4v) is 3.70. The highest BCUT2D eigenvalue weighted by Crippen LogP contribution is 2.34. The van der Waals surface area contributed by atoms with Gasteiger partial charge < -0.3 is 0 Å². The van der Waals surface area contributed by atoms with Gasteiger partial charge in [-0.15, -0.1) is 0 Å². The third-order valence-electron chi connectivity index (χ3n) is 5.80. The Bertz CT molecular complexity index is 1100. The molecule has 0 saturated heterocycles. The smallest absolute Gasteiger partial charge is 0.261 e. The monoisotopic (exact) mass is 362 g/mol. The Morgan fingerprint density at radius 3 is 2.81 bits per heavy atom. The van der Waals surface area contributed by atoms with E-state index in [1.165, 1.54) is 6.07 Å². The Morgan fingerprint density at radius 2 is 2.04 bits per heavy atom. The van der Waals surface area contributed by atoms with Crippen LogP contribution in [0.5, 0.6) is 0 Å². The van der Waals surface area contributed by atoms with Gasteiger partial charge in [-0.1, -0.05) is 56.7 Å². The maximum atomic E-state index is 13.8. The number of aromatic nitrogens is 2. The summed E-state index contributed by atoms with van der Waals surface area (Å²) in [5.41, 5.74) is 2.39. The minimum atomic E-state index is -0.251. The third-order valence-corrected chi connectivity index (χ3v) is 5.80.